The van der Waals surface area contributed by atoms with E-state index in [1.165, 1.54) is 43.0 Å². The van der Waals surface area contributed by atoms with Crippen LogP contribution in [-0.2, 0) is 0 Å². The van der Waals surface area contributed by atoms with Gasteiger partial charge in [0.1, 0.15) is 0 Å². The molecular weight excluding hydrogens is 252 g/mol. The zero-order valence-corrected chi connectivity index (χ0v) is 14.1. The molecule has 2 nitrogen and oxygen atoms in total. The first kappa shape index (κ1) is 15.2. The third-order valence-electron chi connectivity index (χ3n) is 4.57. The lowest BCUT2D eigenvalue weighted by Crippen LogP contribution is -2.41. The quantitative estimate of drug-likeness (QED) is 0.768. The van der Waals surface area contributed by atoms with Crippen LogP contribution in [0.3, 0.4) is 0 Å². The summed E-state index contributed by atoms with van der Waals surface area (Å²) < 4.78 is 0. The summed E-state index contributed by atoms with van der Waals surface area (Å²) in [4.78, 5) is 4.95. The van der Waals surface area contributed by atoms with Crippen LogP contribution in [-0.4, -0.2) is 23.0 Å². The van der Waals surface area contributed by atoms with Crippen LogP contribution < -0.4 is 5.32 Å². The number of nitrogens with one attached hydrogen (secondary N) is 1. The van der Waals surface area contributed by atoms with Crippen LogP contribution in [0.4, 0.5) is 0 Å². The molecule has 0 saturated heterocycles. The van der Waals surface area contributed by atoms with Gasteiger partial charge < -0.3 is 5.32 Å². The van der Waals surface area contributed by atoms with E-state index in [9.17, 15) is 0 Å². The lowest BCUT2D eigenvalue weighted by atomic mass is 9.76. The van der Waals surface area contributed by atoms with Crippen molar-refractivity contribution in [1.29, 1.82) is 0 Å². The van der Waals surface area contributed by atoms with Gasteiger partial charge in [-0.1, -0.05) is 46.4 Å². The minimum Gasteiger partial charge on any atom is -0.362 e. The average molecular weight is 282 g/mol. The van der Waals surface area contributed by atoms with Crippen LogP contribution in [0.2, 0.25) is 0 Å². The van der Waals surface area contributed by atoms with Crippen LogP contribution >= 0.6 is 11.8 Å². The lowest BCUT2D eigenvalue weighted by molar-refractivity contribution is 0.217. The van der Waals surface area contributed by atoms with Crippen molar-refractivity contribution in [1.82, 2.24) is 5.32 Å². The summed E-state index contributed by atoms with van der Waals surface area (Å²) in [6.45, 7) is 11.7. The Bertz CT molecular complexity index is 331. The molecule has 1 aliphatic carbocycles. The Morgan fingerprint density at radius 1 is 1.16 bits per heavy atom. The number of hydrogen-bond donors (Lipinski definition) is 1. The molecule has 1 fully saturated rings. The minimum absolute atomic E-state index is 0.294. The van der Waals surface area contributed by atoms with Gasteiger partial charge in [-0.15, -0.1) is 0 Å². The Balaban J connectivity index is 1.91. The molecule has 0 radical (unpaired) electrons. The van der Waals surface area contributed by atoms with Gasteiger partial charge in [-0.05, 0) is 42.9 Å². The number of amidine groups is 1. The van der Waals surface area contributed by atoms with Crippen molar-refractivity contribution >= 4 is 16.9 Å². The molecule has 1 unspecified atom stereocenters. The largest absolute Gasteiger partial charge is 0.362 e. The Morgan fingerprint density at radius 2 is 1.79 bits per heavy atom. The molecule has 0 aromatic carbocycles. The van der Waals surface area contributed by atoms with Crippen molar-refractivity contribution in [2.24, 2.45) is 15.8 Å². The van der Waals surface area contributed by atoms with Crippen LogP contribution in [0.25, 0.3) is 0 Å². The van der Waals surface area contributed by atoms with Gasteiger partial charge in [0.25, 0.3) is 0 Å². The highest BCUT2D eigenvalue weighted by molar-refractivity contribution is 8.13. The van der Waals surface area contributed by atoms with Gasteiger partial charge in [0.05, 0.1) is 6.04 Å². The van der Waals surface area contributed by atoms with Gasteiger partial charge in [0.15, 0.2) is 5.17 Å². The molecule has 1 saturated carbocycles. The van der Waals surface area contributed by atoms with E-state index in [1.54, 1.807) is 0 Å². The van der Waals surface area contributed by atoms with Crippen LogP contribution in [0.1, 0.15) is 66.7 Å². The maximum atomic E-state index is 4.95. The molecule has 0 bridgehead atoms. The Hall–Kier alpha value is -0.180. The standard InChI is InChI=1S/C16H30N2S/c1-15(2,3)13-8-11-19-14(18-13)17-12-6-9-16(4,5)10-7-12/h12-13H,6-11H2,1-5H3,(H,17,18). The molecule has 19 heavy (non-hydrogen) atoms. The van der Waals surface area contributed by atoms with Gasteiger partial charge in [0.2, 0.25) is 0 Å². The van der Waals surface area contributed by atoms with Gasteiger partial charge in [0, 0.05) is 11.8 Å². The van der Waals surface area contributed by atoms with Crippen molar-refractivity contribution in [3.05, 3.63) is 0 Å². The number of hydrogen-bond acceptors (Lipinski definition) is 3. The zero-order chi connectivity index (χ0) is 14.1. The average Bonchev–Trinajstić information content (AvgIpc) is 2.31. The van der Waals surface area contributed by atoms with E-state index < -0.39 is 0 Å². The fourth-order valence-electron chi connectivity index (χ4n) is 2.93. The highest BCUT2D eigenvalue weighted by atomic mass is 32.2. The third-order valence-corrected chi connectivity index (χ3v) is 5.51. The Labute approximate surface area is 123 Å². The second-order valence-corrected chi connectivity index (χ2v) is 9.12. The molecule has 1 aliphatic heterocycles. The van der Waals surface area contributed by atoms with E-state index in [0.29, 0.717) is 22.9 Å². The maximum Gasteiger partial charge on any atom is 0.157 e. The van der Waals surface area contributed by atoms with Gasteiger partial charge in [-0.2, -0.15) is 0 Å². The smallest absolute Gasteiger partial charge is 0.157 e. The van der Waals surface area contributed by atoms with Crippen molar-refractivity contribution in [3.8, 4) is 0 Å². The first-order valence-corrected chi connectivity index (χ1v) is 8.72. The summed E-state index contributed by atoms with van der Waals surface area (Å²) in [5.41, 5.74) is 0.843. The Kier molecular flexibility index (Phi) is 4.54. The molecule has 0 aromatic rings. The summed E-state index contributed by atoms with van der Waals surface area (Å²) in [5.74, 6) is 1.21. The second-order valence-electron chi connectivity index (χ2n) is 8.04. The van der Waals surface area contributed by atoms with E-state index in [4.69, 9.17) is 4.99 Å². The molecule has 1 N–H and O–H groups in total. The van der Waals surface area contributed by atoms with Crippen LogP contribution in [0.15, 0.2) is 4.99 Å². The van der Waals surface area contributed by atoms with Crippen molar-refractivity contribution in [2.45, 2.75) is 78.8 Å². The highest BCUT2D eigenvalue weighted by Gasteiger charge is 2.30. The van der Waals surface area contributed by atoms with Crippen LogP contribution in [0.5, 0.6) is 0 Å². The van der Waals surface area contributed by atoms with Gasteiger partial charge >= 0.3 is 0 Å². The molecular formula is C16H30N2S. The summed E-state index contributed by atoms with van der Waals surface area (Å²) in [5, 5.41) is 4.92. The van der Waals surface area contributed by atoms with Crippen molar-refractivity contribution < 1.29 is 0 Å². The summed E-state index contributed by atoms with van der Waals surface area (Å²) in [6, 6.07) is 1.13. The van der Waals surface area contributed by atoms with Crippen LogP contribution in [0, 0.1) is 10.8 Å². The lowest BCUT2D eigenvalue weighted by Gasteiger charge is -2.36. The summed E-state index contributed by atoms with van der Waals surface area (Å²) in [6.07, 6.45) is 6.49. The summed E-state index contributed by atoms with van der Waals surface area (Å²) in [7, 11) is 0. The Morgan fingerprint density at radius 3 is 2.37 bits per heavy atom. The number of aliphatic imine (C=N–C) groups is 1. The van der Waals surface area contributed by atoms with E-state index in [1.807, 2.05) is 11.8 Å². The molecule has 2 rings (SSSR count). The van der Waals surface area contributed by atoms with E-state index in [-0.39, 0.29) is 0 Å². The first-order valence-electron chi connectivity index (χ1n) is 7.73. The minimum atomic E-state index is 0.294. The normalized spacial score (nSPS) is 28.9. The van der Waals surface area contributed by atoms with Crippen molar-refractivity contribution in [3.63, 3.8) is 0 Å². The molecule has 0 spiro atoms. The molecule has 0 amide bonds. The predicted octanol–water partition coefficient (Wildman–Crippen LogP) is 4.45. The molecule has 2 aliphatic rings. The van der Waals surface area contributed by atoms with Gasteiger partial charge in [-0.25, -0.2) is 0 Å². The highest BCUT2D eigenvalue weighted by Crippen LogP contribution is 2.36. The van der Waals surface area contributed by atoms with E-state index in [0.717, 1.165) is 0 Å². The fraction of sp³-hybridized carbons (Fsp3) is 0.938. The maximum absolute atomic E-state index is 4.95. The fourth-order valence-corrected chi connectivity index (χ4v) is 3.92. The molecule has 3 heteroatoms. The number of thioether (sulfide) groups is 1. The second kappa shape index (κ2) is 5.67. The molecule has 0 aromatic heterocycles. The van der Waals surface area contributed by atoms with E-state index >= 15 is 0 Å². The zero-order valence-electron chi connectivity index (χ0n) is 13.3. The predicted molar refractivity (Wildman–Crippen MR) is 86.9 cm³/mol. The van der Waals surface area contributed by atoms with E-state index in [2.05, 4.69) is 39.9 Å². The molecule has 1 atom stereocenters. The van der Waals surface area contributed by atoms with Gasteiger partial charge in [-0.3, -0.25) is 4.99 Å². The monoisotopic (exact) mass is 282 g/mol. The molecule has 1 heterocycles. The number of rotatable bonds is 1. The van der Waals surface area contributed by atoms with Crippen molar-refractivity contribution in [2.75, 3.05) is 5.75 Å². The number of nitrogens with zero attached hydrogens (tertiary/aromatic N) is 1. The SMILES string of the molecule is CC1(C)CCC(NC2=NC(C(C)(C)C)CCS2)CC1. The third kappa shape index (κ3) is 4.40. The topological polar surface area (TPSA) is 24.4 Å². The summed E-state index contributed by atoms with van der Waals surface area (Å²) >= 11 is 1.92. The molecule has 110 valence electrons. The first-order chi connectivity index (χ1) is 8.76.